The van der Waals surface area contributed by atoms with Gasteiger partial charge in [0, 0.05) is 6.54 Å². The average molecular weight is 209 g/mol. The molecule has 82 valence electrons. The van der Waals surface area contributed by atoms with E-state index in [1.165, 1.54) is 0 Å². The summed E-state index contributed by atoms with van der Waals surface area (Å²) in [4.78, 5) is 11.6. The van der Waals surface area contributed by atoms with Crippen molar-refractivity contribution in [2.45, 2.75) is 6.92 Å². The van der Waals surface area contributed by atoms with E-state index >= 15 is 0 Å². The Morgan fingerprint density at radius 1 is 1.47 bits per heavy atom. The maximum atomic E-state index is 11.6. The highest BCUT2D eigenvalue weighted by atomic mass is 16.5. The van der Waals surface area contributed by atoms with Gasteiger partial charge in [-0.1, -0.05) is 12.1 Å². The summed E-state index contributed by atoms with van der Waals surface area (Å²) in [7, 11) is 0. The van der Waals surface area contributed by atoms with Gasteiger partial charge in [-0.2, -0.15) is 0 Å². The second-order valence-corrected chi connectivity index (χ2v) is 2.91. The molecule has 2 N–H and O–H groups in total. The summed E-state index contributed by atoms with van der Waals surface area (Å²) in [5, 5.41) is 11.2. The van der Waals surface area contributed by atoms with Gasteiger partial charge < -0.3 is 15.2 Å². The number of aliphatic hydroxyl groups is 1. The van der Waals surface area contributed by atoms with Crippen molar-refractivity contribution in [3.8, 4) is 5.75 Å². The van der Waals surface area contributed by atoms with Crippen LogP contribution in [0.25, 0.3) is 0 Å². The highest BCUT2D eigenvalue weighted by molar-refractivity contribution is 5.96. The highest BCUT2D eigenvalue weighted by Crippen LogP contribution is 2.17. The van der Waals surface area contributed by atoms with Gasteiger partial charge in [-0.25, -0.2) is 0 Å². The number of hydrogen-bond donors (Lipinski definition) is 2. The smallest absolute Gasteiger partial charge is 0.255 e. The Balaban J connectivity index is 2.77. The van der Waals surface area contributed by atoms with Gasteiger partial charge in [-0.3, -0.25) is 4.79 Å². The molecule has 0 saturated carbocycles. The van der Waals surface area contributed by atoms with E-state index in [9.17, 15) is 4.79 Å². The third kappa shape index (κ3) is 3.25. The van der Waals surface area contributed by atoms with Crippen LogP contribution in [-0.4, -0.2) is 30.8 Å². The fraction of sp³-hybridized carbons (Fsp3) is 0.364. The molecule has 0 radical (unpaired) electrons. The molecule has 0 fully saturated rings. The second-order valence-electron chi connectivity index (χ2n) is 2.91. The topological polar surface area (TPSA) is 58.6 Å². The van der Waals surface area contributed by atoms with Gasteiger partial charge in [0.05, 0.1) is 18.8 Å². The van der Waals surface area contributed by atoms with E-state index in [0.717, 1.165) is 0 Å². The maximum Gasteiger partial charge on any atom is 0.255 e. The summed E-state index contributed by atoms with van der Waals surface area (Å²) in [6.45, 7) is 2.56. The van der Waals surface area contributed by atoms with Crippen LogP contribution in [-0.2, 0) is 0 Å². The van der Waals surface area contributed by atoms with E-state index in [2.05, 4.69) is 5.32 Å². The Labute approximate surface area is 88.9 Å². The fourth-order valence-corrected chi connectivity index (χ4v) is 1.20. The van der Waals surface area contributed by atoms with Gasteiger partial charge in [0.15, 0.2) is 0 Å². The number of benzene rings is 1. The number of nitrogens with one attached hydrogen (secondary N) is 1. The molecule has 0 aromatic heterocycles. The molecule has 4 heteroatoms. The number of rotatable bonds is 5. The van der Waals surface area contributed by atoms with E-state index in [0.29, 0.717) is 17.9 Å². The van der Waals surface area contributed by atoms with Crippen LogP contribution in [0.2, 0.25) is 0 Å². The van der Waals surface area contributed by atoms with Crippen molar-refractivity contribution < 1.29 is 14.6 Å². The Morgan fingerprint density at radius 2 is 2.20 bits per heavy atom. The van der Waals surface area contributed by atoms with Crippen LogP contribution < -0.4 is 10.1 Å². The van der Waals surface area contributed by atoms with Crippen molar-refractivity contribution in [3.05, 3.63) is 29.8 Å². The Bertz CT molecular complexity index is 325. The zero-order chi connectivity index (χ0) is 11.1. The number of aliphatic hydroxyl groups excluding tert-OH is 1. The first-order valence-electron chi connectivity index (χ1n) is 4.90. The highest BCUT2D eigenvalue weighted by Gasteiger charge is 2.10. The third-order valence-electron chi connectivity index (χ3n) is 1.83. The lowest BCUT2D eigenvalue weighted by Crippen LogP contribution is -2.26. The molecule has 15 heavy (non-hydrogen) atoms. The lowest BCUT2D eigenvalue weighted by Gasteiger charge is -2.09. The fourth-order valence-electron chi connectivity index (χ4n) is 1.20. The van der Waals surface area contributed by atoms with Crippen LogP contribution in [0.3, 0.4) is 0 Å². The van der Waals surface area contributed by atoms with Gasteiger partial charge in [-0.05, 0) is 19.1 Å². The van der Waals surface area contributed by atoms with Crippen molar-refractivity contribution in [3.63, 3.8) is 0 Å². The maximum absolute atomic E-state index is 11.6. The molecule has 1 aromatic rings. The molecular weight excluding hydrogens is 194 g/mol. The summed E-state index contributed by atoms with van der Waals surface area (Å²) in [6, 6.07) is 7.03. The number of para-hydroxylation sites is 1. The van der Waals surface area contributed by atoms with Crippen molar-refractivity contribution in [2.75, 3.05) is 19.8 Å². The van der Waals surface area contributed by atoms with Gasteiger partial charge in [0.25, 0.3) is 5.91 Å². The SMILES string of the molecule is CCOc1ccccc1C(=O)NCCO. The van der Waals surface area contributed by atoms with E-state index in [-0.39, 0.29) is 19.1 Å². The van der Waals surface area contributed by atoms with Crippen LogP contribution in [0.1, 0.15) is 17.3 Å². The molecule has 0 saturated heterocycles. The molecule has 0 spiro atoms. The van der Waals surface area contributed by atoms with Gasteiger partial charge in [0.2, 0.25) is 0 Å². The molecule has 0 aliphatic heterocycles. The molecule has 0 bridgehead atoms. The first-order chi connectivity index (χ1) is 7.29. The van der Waals surface area contributed by atoms with Gasteiger partial charge in [0.1, 0.15) is 5.75 Å². The Hall–Kier alpha value is -1.55. The minimum absolute atomic E-state index is 0.0669. The second kappa shape index (κ2) is 6.03. The average Bonchev–Trinajstić information content (AvgIpc) is 2.27. The predicted molar refractivity (Wildman–Crippen MR) is 57.0 cm³/mol. The summed E-state index contributed by atoms with van der Waals surface area (Å²) >= 11 is 0. The Morgan fingerprint density at radius 3 is 2.87 bits per heavy atom. The van der Waals surface area contributed by atoms with E-state index in [1.807, 2.05) is 13.0 Å². The number of amides is 1. The normalized spacial score (nSPS) is 9.73. The molecule has 0 aliphatic rings. The minimum Gasteiger partial charge on any atom is -0.493 e. The molecule has 1 amide bonds. The van der Waals surface area contributed by atoms with Gasteiger partial charge >= 0.3 is 0 Å². The molecule has 0 aliphatic carbocycles. The largest absolute Gasteiger partial charge is 0.493 e. The van der Waals surface area contributed by atoms with E-state index < -0.39 is 0 Å². The molecular formula is C11H15NO3. The molecule has 0 unspecified atom stereocenters. The Kier molecular flexibility index (Phi) is 4.63. The zero-order valence-electron chi connectivity index (χ0n) is 8.69. The van der Waals surface area contributed by atoms with Crippen LogP contribution in [0.5, 0.6) is 5.75 Å². The first kappa shape index (κ1) is 11.5. The van der Waals surface area contributed by atoms with Crippen LogP contribution in [0, 0.1) is 0 Å². The molecule has 0 heterocycles. The van der Waals surface area contributed by atoms with Crippen molar-refractivity contribution in [1.82, 2.24) is 5.32 Å². The predicted octanol–water partition coefficient (Wildman–Crippen LogP) is 0.807. The molecule has 4 nitrogen and oxygen atoms in total. The van der Waals surface area contributed by atoms with Crippen LogP contribution in [0.4, 0.5) is 0 Å². The number of hydrogen-bond acceptors (Lipinski definition) is 3. The zero-order valence-corrected chi connectivity index (χ0v) is 8.69. The van der Waals surface area contributed by atoms with Crippen LogP contribution in [0.15, 0.2) is 24.3 Å². The lowest BCUT2D eigenvalue weighted by molar-refractivity contribution is 0.0941. The molecule has 0 atom stereocenters. The summed E-state index contributed by atoms with van der Waals surface area (Å²) in [5.41, 5.74) is 0.493. The third-order valence-corrected chi connectivity index (χ3v) is 1.83. The van der Waals surface area contributed by atoms with Gasteiger partial charge in [-0.15, -0.1) is 0 Å². The summed E-state index contributed by atoms with van der Waals surface area (Å²) in [6.07, 6.45) is 0. The monoisotopic (exact) mass is 209 g/mol. The van der Waals surface area contributed by atoms with Crippen LogP contribution >= 0.6 is 0 Å². The van der Waals surface area contributed by atoms with E-state index in [1.54, 1.807) is 18.2 Å². The quantitative estimate of drug-likeness (QED) is 0.754. The van der Waals surface area contributed by atoms with Crippen molar-refractivity contribution in [2.24, 2.45) is 0 Å². The summed E-state index contributed by atoms with van der Waals surface area (Å²) < 4.78 is 5.31. The van der Waals surface area contributed by atoms with Crippen molar-refractivity contribution in [1.29, 1.82) is 0 Å². The first-order valence-corrected chi connectivity index (χ1v) is 4.90. The molecule has 1 aromatic carbocycles. The standard InChI is InChI=1S/C11H15NO3/c1-2-15-10-6-4-3-5-9(10)11(14)12-7-8-13/h3-6,13H,2,7-8H2,1H3,(H,12,14). The number of ether oxygens (including phenoxy) is 1. The molecule has 1 rings (SSSR count). The van der Waals surface area contributed by atoms with Crippen molar-refractivity contribution >= 4 is 5.91 Å². The number of carbonyl (C=O) groups is 1. The number of carbonyl (C=O) groups excluding carboxylic acids is 1. The summed E-state index contributed by atoms with van der Waals surface area (Å²) in [5.74, 6) is 0.337. The minimum atomic E-state index is -0.229. The lowest BCUT2D eigenvalue weighted by atomic mass is 10.2. The van der Waals surface area contributed by atoms with E-state index in [4.69, 9.17) is 9.84 Å².